The second kappa shape index (κ2) is 11.4. The van der Waals surface area contributed by atoms with E-state index < -0.39 is 0 Å². The number of hydrogen-bond donors (Lipinski definition) is 1. The van der Waals surface area contributed by atoms with E-state index in [1.807, 2.05) is 18.2 Å². The van der Waals surface area contributed by atoms with Gasteiger partial charge in [0.15, 0.2) is 0 Å². The molecule has 1 rings (SSSR count). The van der Waals surface area contributed by atoms with Crippen LogP contribution in [0.4, 0.5) is 0 Å². The fourth-order valence-corrected chi connectivity index (χ4v) is 2.27. The maximum atomic E-state index is 6.05. The van der Waals surface area contributed by atoms with Gasteiger partial charge in [-0.2, -0.15) is 0 Å². The zero-order chi connectivity index (χ0) is 14.6. The van der Waals surface area contributed by atoms with Crippen molar-refractivity contribution in [3.05, 3.63) is 33.8 Å². The Hall–Kier alpha value is -0.320. The number of benzene rings is 1. The molecule has 0 aromatic heterocycles. The fourth-order valence-electron chi connectivity index (χ4n) is 1.77. The van der Waals surface area contributed by atoms with Gasteiger partial charge in [-0.15, -0.1) is 0 Å². The summed E-state index contributed by atoms with van der Waals surface area (Å²) in [5.41, 5.74) is 6.26. The van der Waals surface area contributed by atoms with Crippen molar-refractivity contribution >= 4 is 23.2 Å². The lowest BCUT2D eigenvalue weighted by Gasteiger charge is -2.08. The van der Waals surface area contributed by atoms with Gasteiger partial charge in [0.1, 0.15) is 0 Å². The Morgan fingerprint density at radius 3 is 2.20 bits per heavy atom. The van der Waals surface area contributed by atoms with Crippen LogP contribution in [0, 0.1) is 0 Å². The van der Waals surface area contributed by atoms with Crippen LogP contribution in [-0.4, -0.2) is 26.4 Å². The summed E-state index contributed by atoms with van der Waals surface area (Å²) < 4.78 is 11.0. The lowest BCUT2D eigenvalue weighted by Crippen LogP contribution is -2.06. The number of ether oxygens (including phenoxy) is 2. The Bertz CT molecular complexity index is 355. The van der Waals surface area contributed by atoms with Crippen LogP contribution in [0.2, 0.25) is 10.0 Å². The predicted octanol–water partition coefficient (Wildman–Crippen LogP) is 4.05. The Balaban J connectivity index is 2.00. The van der Waals surface area contributed by atoms with Crippen molar-refractivity contribution in [1.82, 2.24) is 0 Å². The van der Waals surface area contributed by atoms with E-state index in [1.165, 1.54) is 12.8 Å². The van der Waals surface area contributed by atoms with Crippen LogP contribution in [0.15, 0.2) is 18.2 Å². The topological polar surface area (TPSA) is 44.5 Å². The molecule has 0 radical (unpaired) electrons. The number of unbranched alkanes of at least 4 members (excludes halogenated alkanes) is 3. The number of rotatable bonds is 11. The van der Waals surface area contributed by atoms with E-state index in [4.69, 9.17) is 38.4 Å². The van der Waals surface area contributed by atoms with E-state index in [0.29, 0.717) is 29.9 Å². The molecular formula is C15H23Cl2NO2. The smallest absolute Gasteiger partial charge is 0.0747 e. The highest BCUT2D eigenvalue weighted by Crippen LogP contribution is 2.24. The van der Waals surface area contributed by atoms with Crippen LogP contribution < -0.4 is 5.73 Å². The molecule has 0 spiro atoms. The molecule has 0 fully saturated rings. The minimum absolute atomic E-state index is 0.415. The van der Waals surface area contributed by atoms with E-state index in [9.17, 15) is 0 Å². The van der Waals surface area contributed by atoms with Crippen molar-refractivity contribution < 1.29 is 9.47 Å². The van der Waals surface area contributed by atoms with Crippen molar-refractivity contribution in [3.8, 4) is 0 Å². The van der Waals surface area contributed by atoms with Crippen molar-refractivity contribution in [2.45, 2.75) is 32.3 Å². The molecule has 1 aromatic carbocycles. The minimum Gasteiger partial charge on any atom is -0.379 e. The van der Waals surface area contributed by atoms with Gasteiger partial charge in [-0.05, 0) is 31.5 Å². The highest BCUT2D eigenvalue weighted by Gasteiger charge is 2.04. The molecule has 0 saturated carbocycles. The third-order valence-electron chi connectivity index (χ3n) is 2.92. The molecule has 3 nitrogen and oxygen atoms in total. The highest BCUT2D eigenvalue weighted by atomic mass is 35.5. The summed E-state index contributed by atoms with van der Waals surface area (Å²) in [6, 6.07) is 5.44. The Morgan fingerprint density at radius 1 is 0.850 bits per heavy atom. The summed E-state index contributed by atoms with van der Waals surface area (Å²) in [5.74, 6) is 0. The van der Waals surface area contributed by atoms with E-state index in [2.05, 4.69) is 0 Å². The van der Waals surface area contributed by atoms with Gasteiger partial charge in [-0.3, -0.25) is 0 Å². The van der Waals surface area contributed by atoms with Crippen LogP contribution >= 0.6 is 23.2 Å². The predicted molar refractivity (Wildman–Crippen MR) is 84.5 cm³/mol. The molecule has 0 atom stereocenters. The number of nitrogens with two attached hydrogens (primary N) is 1. The van der Waals surface area contributed by atoms with Gasteiger partial charge >= 0.3 is 0 Å². The molecule has 0 unspecified atom stereocenters. The van der Waals surface area contributed by atoms with Crippen LogP contribution in [0.1, 0.15) is 31.2 Å². The largest absolute Gasteiger partial charge is 0.379 e. The molecule has 0 heterocycles. The Morgan fingerprint density at radius 2 is 1.50 bits per heavy atom. The first kappa shape index (κ1) is 17.7. The van der Waals surface area contributed by atoms with E-state index in [0.717, 1.165) is 31.6 Å². The van der Waals surface area contributed by atoms with Gasteiger partial charge in [0, 0.05) is 22.2 Å². The highest BCUT2D eigenvalue weighted by molar-refractivity contribution is 6.35. The standard InChI is InChI=1S/C15H23Cl2NO2/c16-14-6-5-7-15(17)13(14)12-20-11-10-19-9-4-2-1-3-8-18/h5-7H,1-4,8-12,18H2. The average molecular weight is 320 g/mol. The second-order valence-corrected chi connectivity index (χ2v) is 5.38. The zero-order valence-corrected chi connectivity index (χ0v) is 13.3. The zero-order valence-electron chi connectivity index (χ0n) is 11.7. The van der Waals surface area contributed by atoms with E-state index >= 15 is 0 Å². The first-order valence-electron chi connectivity index (χ1n) is 7.04. The molecule has 0 amide bonds. The minimum atomic E-state index is 0.415. The lowest BCUT2D eigenvalue weighted by atomic mass is 10.2. The van der Waals surface area contributed by atoms with E-state index in [-0.39, 0.29) is 0 Å². The molecule has 1 aromatic rings. The van der Waals surface area contributed by atoms with Gasteiger partial charge in [-0.1, -0.05) is 42.1 Å². The first-order chi connectivity index (χ1) is 9.75. The quantitative estimate of drug-likeness (QED) is 0.626. The normalized spacial score (nSPS) is 10.9. The van der Waals surface area contributed by atoms with Crippen molar-refractivity contribution in [1.29, 1.82) is 0 Å². The first-order valence-corrected chi connectivity index (χ1v) is 7.79. The van der Waals surface area contributed by atoms with Crippen LogP contribution in [0.5, 0.6) is 0 Å². The molecule has 2 N–H and O–H groups in total. The lowest BCUT2D eigenvalue weighted by molar-refractivity contribution is 0.0393. The summed E-state index contributed by atoms with van der Waals surface area (Å²) in [6.07, 6.45) is 4.53. The van der Waals surface area contributed by atoms with Crippen molar-refractivity contribution in [2.75, 3.05) is 26.4 Å². The molecule has 5 heteroatoms. The average Bonchev–Trinajstić information content (AvgIpc) is 2.43. The Kier molecular flexibility index (Phi) is 10.1. The summed E-state index contributed by atoms with van der Waals surface area (Å²) in [7, 11) is 0. The SMILES string of the molecule is NCCCCCCOCCOCc1c(Cl)cccc1Cl. The monoisotopic (exact) mass is 319 g/mol. The molecule has 0 aliphatic heterocycles. The van der Waals surface area contributed by atoms with E-state index in [1.54, 1.807) is 0 Å². The van der Waals surface area contributed by atoms with Crippen molar-refractivity contribution in [2.24, 2.45) is 5.73 Å². The van der Waals surface area contributed by atoms with Gasteiger partial charge in [0.2, 0.25) is 0 Å². The van der Waals surface area contributed by atoms with Crippen LogP contribution in [-0.2, 0) is 16.1 Å². The second-order valence-electron chi connectivity index (χ2n) is 4.57. The third-order valence-corrected chi connectivity index (χ3v) is 3.63. The number of hydrogen-bond acceptors (Lipinski definition) is 3. The molecular weight excluding hydrogens is 297 g/mol. The van der Waals surface area contributed by atoms with Gasteiger partial charge in [0.25, 0.3) is 0 Å². The summed E-state index contributed by atoms with van der Waals surface area (Å²) in [5, 5.41) is 1.27. The fraction of sp³-hybridized carbons (Fsp3) is 0.600. The maximum absolute atomic E-state index is 6.05. The molecule has 20 heavy (non-hydrogen) atoms. The summed E-state index contributed by atoms with van der Waals surface area (Å²) >= 11 is 12.1. The van der Waals surface area contributed by atoms with Crippen molar-refractivity contribution in [3.63, 3.8) is 0 Å². The van der Waals surface area contributed by atoms with Crippen LogP contribution in [0.3, 0.4) is 0 Å². The summed E-state index contributed by atoms with van der Waals surface area (Å²) in [4.78, 5) is 0. The third kappa shape index (κ3) is 7.46. The number of halogens is 2. The molecule has 0 aliphatic carbocycles. The molecule has 0 aliphatic rings. The molecule has 0 bridgehead atoms. The molecule has 114 valence electrons. The van der Waals surface area contributed by atoms with Gasteiger partial charge in [-0.25, -0.2) is 0 Å². The van der Waals surface area contributed by atoms with Gasteiger partial charge < -0.3 is 15.2 Å². The Labute approximate surface area is 131 Å². The summed E-state index contributed by atoms with van der Waals surface area (Å²) in [6.45, 7) is 3.11. The maximum Gasteiger partial charge on any atom is 0.0747 e. The van der Waals surface area contributed by atoms with Gasteiger partial charge in [0.05, 0.1) is 19.8 Å². The van der Waals surface area contributed by atoms with Crippen LogP contribution in [0.25, 0.3) is 0 Å². The molecule has 0 saturated heterocycles.